The maximum absolute atomic E-state index is 9.76. The standard InChI is InChI=1S/C13H9NOS.C9H7N/c15-11-7-3-1-5-9(11)13-14-10-6-2-4-8-12(10)16-13;1-2-6-9-8(4-1)5-3-7-10-9/h1-8,15H;1-7H. The number of thiazole rings is 1. The molecule has 0 spiro atoms. The molecule has 0 aliphatic rings. The SMILES string of the molecule is Oc1ccccc1-c1nc2ccccc2s1.c1ccc2ncccc2c1. The van der Waals surface area contributed by atoms with Crippen LogP contribution in [0.5, 0.6) is 5.75 Å². The average molecular weight is 356 g/mol. The molecule has 0 unspecified atom stereocenters. The fourth-order valence-electron chi connectivity index (χ4n) is 2.66. The van der Waals surface area contributed by atoms with Gasteiger partial charge in [0, 0.05) is 11.6 Å². The van der Waals surface area contributed by atoms with Gasteiger partial charge in [0.05, 0.1) is 21.3 Å². The number of aromatic nitrogens is 2. The van der Waals surface area contributed by atoms with Crippen molar-refractivity contribution in [3.8, 4) is 16.3 Å². The van der Waals surface area contributed by atoms with Crippen LogP contribution in [0.3, 0.4) is 0 Å². The van der Waals surface area contributed by atoms with Gasteiger partial charge in [0.2, 0.25) is 0 Å². The van der Waals surface area contributed by atoms with Gasteiger partial charge in [-0.1, -0.05) is 48.5 Å². The van der Waals surface area contributed by atoms with E-state index in [2.05, 4.69) is 22.1 Å². The quantitative estimate of drug-likeness (QED) is 0.406. The van der Waals surface area contributed by atoms with Crippen molar-refractivity contribution in [2.75, 3.05) is 0 Å². The molecule has 126 valence electrons. The first-order chi connectivity index (χ1) is 12.8. The molecule has 0 saturated heterocycles. The number of hydrogen-bond donors (Lipinski definition) is 1. The Morgan fingerprint density at radius 3 is 2.19 bits per heavy atom. The fourth-order valence-corrected chi connectivity index (χ4v) is 3.66. The van der Waals surface area contributed by atoms with Gasteiger partial charge in [0.25, 0.3) is 0 Å². The summed E-state index contributed by atoms with van der Waals surface area (Å²) in [7, 11) is 0. The summed E-state index contributed by atoms with van der Waals surface area (Å²) in [4.78, 5) is 8.68. The molecule has 4 heteroatoms. The smallest absolute Gasteiger partial charge is 0.128 e. The van der Waals surface area contributed by atoms with Crippen molar-refractivity contribution < 1.29 is 5.11 Å². The van der Waals surface area contributed by atoms with Crippen molar-refractivity contribution in [1.82, 2.24) is 9.97 Å². The average Bonchev–Trinajstić information content (AvgIpc) is 3.13. The van der Waals surface area contributed by atoms with Crippen LogP contribution in [0, 0.1) is 0 Å². The van der Waals surface area contributed by atoms with Gasteiger partial charge >= 0.3 is 0 Å². The predicted molar refractivity (Wildman–Crippen MR) is 108 cm³/mol. The van der Waals surface area contributed by atoms with E-state index < -0.39 is 0 Å². The van der Waals surface area contributed by atoms with Crippen LogP contribution in [0.25, 0.3) is 31.7 Å². The van der Waals surface area contributed by atoms with Gasteiger partial charge < -0.3 is 5.11 Å². The number of pyridine rings is 1. The second-order valence-electron chi connectivity index (χ2n) is 5.70. The van der Waals surface area contributed by atoms with Crippen LogP contribution in [-0.2, 0) is 0 Å². The van der Waals surface area contributed by atoms with Crippen LogP contribution in [0.2, 0.25) is 0 Å². The molecule has 0 bridgehead atoms. The Balaban J connectivity index is 0.000000144. The van der Waals surface area contributed by atoms with Crippen LogP contribution < -0.4 is 0 Å². The molecule has 0 aliphatic heterocycles. The lowest BCUT2D eigenvalue weighted by atomic mass is 10.2. The van der Waals surface area contributed by atoms with Crippen LogP contribution >= 0.6 is 11.3 Å². The van der Waals surface area contributed by atoms with Crippen molar-refractivity contribution in [2.45, 2.75) is 0 Å². The monoisotopic (exact) mass is 356 g/mol. The Bertz CT molecular complexity index is 1070. The van der Waals surface area contributed by atoms with Gasteiger partial charge in [-0.25, -0.2) is 4.98 Å². The molecule has 0 fully saturated rings. The zero-order valence-electron chi connectivity index (χ0n) is 13.9. The Hall–Kier alpha value is -3.24. The number of nitrogens with zero attached hydrogens (tertiary/aromatic N) is 2. The largest absolute Gasteiger partial charge is 0.507 e. The van der Waals surface area contributed by atoms with Crippen LogP contribution in [-0.4, -0.2) is 15.1 Å². The van der Waals surface area contributed by atoms with Crippen molar-refractivity contribution >= 4 is 32.5 Å². The molecule has 26 heavy (non-hydrogen) atoms. The highest BCUT2D eigenvalue weighted by molar-refractivity contribution is 7.21. The van der Waals surface area contributed by atoms with Crippen molar-refractivity contribution in [1.29, 1.82) is 0 Å². The van der Waals surface area contributed by atoms with Gasteiger partial charge in [-0.05, 0) is 36.4 Å². The first kappa shape index (κ1) is 16.2. The van der Waals surface area contributed by atoms with Crippen LogP contribution in [0.1, 0.15) is 0 Å². The topological polar surface area (TPSA) is 46.0 Å². The summed E-state index contributed by atoms with van der Waals surface area (Å²) in [6, 6.07) is 27.3. The number of aromatic hydroxyl groups is 1. The minimum Gasteiger partial charge on any atom is -0.507 e. The van der Waals surface area contributed by atoms with Gasteiger partial charge in [0.1, 0.15) is 10.8 Å². The normalized spacial score (nSPS) is 10.5. The molecule has 0 radical (unpaired) electrons. The van der Waals surface area contributed by atoms with Gasteiger partial charge in [0.15, 0.2) is 0 Å². The maximum Gasteiger partial charge on any atom is 0.128 e. The molecular weight excluding hydrogens is 340 g/mol. The molecule has 2 aromatic heterocycles. The Kier molecular flexibility index (Phi) is 4.58. The minimum atomic E-state index is 0.279. The molecule has 0 aliphatic carbocycles. The number of phenols is 1. The van der Waals surface area contributed by atoms with Crippen molar-refractivity contribution in [3.05, 3.63) is 91.1 Å². The second-order valence-corrected chi connectivity index (χ2v) is 6.73. The third-order valence-corrected chi connectivity index (χ3v) is 5.01. The van der Waals surface area contributed by atoms with E-state index in [0.29, 0.717) is 0 Å². The van der Waals surface area contributed by atoms with Gasteiger partial charge in [-0.15, -0.1) is 11.3 Å². The van der Waals surface area contributed by atoms with E-state index in [1.54, 1.807) is 17.4 Å². The molecule has 0 amide bonds. The molecule has 3 nitrogen and oxygen atoms in total. The lowest BCUT2D eigenvalue weighted by molar-refractivity contribution is 0.477. The van der Waals surface area contributed by atoms with E-state index in [1.807, 2.05) is 72.9 Å². The number of benzene rings is 3. The fraction of sp³-hybridized carbons (Fsp3) is 0. The summed E-state index contributed by atoms with van der Waals surface area (Å²) < 4.78 is 1.14. The van der Waals surface area contributed by atoms with E-state index in [4.69, 9.17) is 0 Å². The summed E-state index contributed by atoms with van der Waals surface area (Å²) in [6.07, 6.45) is 1.81. The van der Waals surface area contributed by atoms with Crippen molar-refractivity contribution in [3.63, 3.8) is 0 Å². The van der Waals surface area contributed by atoms with E-state index >= 15 is 0 Å². The Morgan fingerprint density at radius 2 is 1.38 bits per heavy atom. The van der Waals surface area contributed by atoms with E-state index in [-0.39, 0.29) is 5.75 Å². The molecular formula is C22H16N2OS. The number of para-hydroxylation sites is 3. The summed E-state index contributed by atoms with van der Waals surface area (Å²) >= 11 is 1.59. The van der Waals surface area contributed by atoms with Crippen molar-refractivity contribution in [2.24, 2.45) is 0 Å². The molecule has 1 N–H and O–H groups in total. The first-order valence-electron chi connectivity index (χ1n) is 8.25. The van der Waals surface area contributed by atoms with E-state index in [9.17, 15) is 5.11 Å². The molecule has 0 atom stereocenters. The molecule has 3 aromatic carbocycles. The summed E-state index contributed by atoms with van der Waals surface area (Å²) in [6.45, 7) is 0. The minimum absolute atomic E-state index is 0.279. The van der Waals surface area contributed by atoms with Gasteiger partial charge in [-0.2, -0.15) is 0 Å². The highest BCUT2D eigenvalue weighted by Gasteiger charge is 2.08. The Labute approximate surface area is 155 Å². The predicted octanol–water partition coefficient (Wildman–Crippen LogP) is 5.90. The lowest BCUT2D eigenvalue weighted by Crippen LogP contribution is -1.76. The van der Waals surface area contributed by atoms with Crippen LogP contribution in [0.15, 0.2) is 91.1 Å². The zero-order chi connectivity index (χ0) is 17.8. The van der Waals surface area contributed by atoms with Gasteiger partial charge in [-0.3, -0.25) is 4.98 Å². The Morgan fingerprint density at radius 1 is 0.692 bits per heavy atom. The first-order valence-corrected chi connectivity index (χ1v) is 9.06. The summed E-state index contributed by atoms with van der Waals surface area (Å²) in [5, 5.41) is 11.8. The molecule has 0 saturated carbocycles. The highest BCUT2D eigenvalue weighted by atomic mass is 32.1. The second kappa shape index (κ2) is 7.33. The maximum atomic E-state index is 9.76. The molecule has 2 heterocycles. The number of phenolic OH excluding ortho intramolecular Hbond substituents is 1. The third kappa shape index (κ3) is 3.41. The molecule has 5 aromatic rings. The number of fused-ring (bicyclic) bond motifs is 2. The highest BCUT2D eigenvalue weighted by Crippen LogP contribution is 2.34. The van der Waals surface area contributed by atoms with E-state index in [0.717, 1.165) is 26.3 Å². The van der Waals surface area contributed by atoms with E-state index in [1.165, 1.54) is 5.39 Å². The number of hydrogen-bond acceptors (Lipinski definition) is 4. The summed E-state index contributed by atoms with van der Waals surface area (Å²) in [5.74, 6) is 0.279. The van der Waals surface area contributed by atoms with Crippen LogP contribution in [0.4, 0.5) is 0 Å². The zero-order valence-corrected chi connectivity index (χ0v) is 14.7. The lowest BCUT2D eigenvalue weighted by Gasteiger charge is -1.98. The third-order valence-electron chi connectivity index (χ3n) is 3.94. The summed E-state index contributed by atoms with van der Waals surface area (Å²) in [5.41, 5.74) is 2.83. The molecule has 5 rings (SSSR count). The number of rotatable bonds is 1.